The predicted molar refractivity (Wildman–Crippen MR) is 143 cm³/mol. The molecule has 1 aliphatic rings. The van der Waals surface area contributed by atoms with E-state index < -0.39 is 35.1 Å². The maximum atomic E-state index is 12.5. The van der Waals surface area contributed by atoms with Crippen LogP contribution in [0.2, 0.25) is 0 Å². The standard InChI is InChI=1S/C28H34ClNO6S/c1-18(17-34-27(33)21-11-7-5-8-12-21)19(2)26-25(30-20(3)31)23(35-24(32)16-29)15-28(4,36-26)37-22-13-9-6-10-14-22/h5-14,18-19,23,25-26H,15-17H2,1-4H3,(H,30,31)/t18-,19-,23-,25-,26?,28+/m1/s1. The van der Waals surface area contributed by atoms with Gasteiger partial charge in [-0.1, -0.05) is 62.0 Å². The number of halogens is 1. The Morgan fingerprint density at radius 2 is 1.73 bits per heavy atom. The molecule has 2 aromatic carbocycles. The number of esters is 2. The highest BCUT2D eigenvalue weighted by atomic mass is 35.5. The molecule has 1 amide bonds. The molecular formula is C28H34ClNO6S. The van der Waals surface area contributed by atoms with Crippen LogP contribution in [-0.4, -0.2) is 53.5 Å². The zero-order valence-corrected chi connectivity index (χ0v) is 23.1. The van der Waals surface area contributed by atoms with E-state index >= 15 is 0 Å². The van der Waals surface area contributed by atoms with Gasteiger partial charge in [0.2, 0.25) is 5.91 Å². The van der Waals surface area contributed by atoms with Crippen molar-refractivity contribution in [3.8, 4) is 0 Å². The number of nitrogens with one attached hydrogen (secondary N) is 1. The molecule has 0 saturated carbocycles. The molecule has 1 heterocycles. The number of rotatable bonds is 10. The zero-order valence-electron chi connectivity index (χ0n) is 21.5. The van der Waals surface area contributed by atoms with E-state index in [4.69, 9.17) is 25.8 Å². The van der Waals surface area contributed by atoms with Crippen molar-refractivity contribution in [3.63, 3.8) is 0 Å². The molecule has 0 aromatic heterocycles. The zero-order chi connectivity index (χ0) is 27.0. The van der Waals surface area contributed by atoms with Crippen LogP contribution in [-0.2, 0) is 23.8 Å². The van der Waals surface area contributed by atoms with E-state index in [-0.39, 0.29) is 30.2 Å². The second-order valence-corrected chi connectivity index (χ2v) is 11.3. The fourth-order valence-electron chi connectivity index (χ4n) is 4.42. The van der Waals surface area contributed by atoms with Crippen LogP contribution in [0.4, 0.5) is 0 Å². The molecule has 0 spiro atoms. The van der Waals surface area contributed by atoms with Crippen molar-refractivity contribution in [2.24, 2.45) is 11.8 Å². The minimum atomic E-state index is -0.757. The van der Waals surface area contributed by atoms with Gasteiger partial charge in [0.05, 0.1) is 24.3 Å². The lowest BCUT2D eigenvalue weighted by Gasteiger charge is -2.49. The summed E-state index contributed by atoms with van der Waals surface area (Å²) in [5.41, 5.74) is 0.479. The van der Waals surface area contributed by atoms with Crippen LogP contribution >= 0.6 is 23.4 Å². The molecule has 6 atom stereocenters. The Hall–Kier alpha value is -2.55. The fraction of sp³-hybridized carbons (Fsp3) is 0.464. The summed E-state index contributed by atoms with van der Waals surface area (Å²) in [5.74, 6) is -1.82. The molecule has 3 rings (SSSR count). The minimum absolute atomic E-state index is 0.123. The van der Waals surface area contributed by atoms with Gasteiger partial charge in [-0.15, -0.1) is 11.6 Å². The average Bonchev–Trinajstić information content (AvgIpc) is 2.88. The van der Waals surface area contributed by atoms with E-state index in [1.807, 2.05) is 57.2 Å². The van der Waals surface area contributed by atoms with Crippen LogP contribution in [0.3, 0.4) is 0 Å². The molecule has 1 aliphatic heterocycles. The van der Waals surface area contributed by atoms with Gasteiger partial charge in [-0.3, -0.25) is 9.59 Å². The van der Waals surface area contributed by atoms with Crippen molar-refractivity contribution in [2.75, 3.05) is 12.5 Å². The molecule has 0 aliphatic carbocycles. The van der Waals surface area contributed by atoms with E-state index in [0.717, 1.165) is 4.90 Å². The normalized spacial score (nSPS) is 24.9. The largest absolute Gasteiger partial charge is 0.462 e. The summed E-state index contributed by atoms with van der Waals surface area (Å²) in [6.07, 6.45) is -0.838. The molecule has 200 valence electrons. The van der Waals surface area contributed by atoms with Gasteiger partial charge in [-0.2, -0.15) is 0 Å². The Labute approximate surface area is 227 Å². The number of amides is 1. The molecular weight excluding hydrogens is 514 g/mol. The number of benzene rings is 2. The molecule has 1 N–H and O–H groups in total. The first kappa shape index (κ1) is 29.0. The summed E-state index contributed by atoms with van der Waals surface area (Å²) in [5, 5.41) is 2.94. The predicted octanol–water partition coefficient (Wildman–Crippen LogP) is 5.07. The Kier molecular flexibility index (Phi) is 10.4. The van der Waals surface area contributed by atoms with Gasteiger partial charge in [0, 0.05) is 18.2 Å². The first-order valence-corrected chi connectivity index (χ1v) is 13.6. The molecule has 0 radical (unpaired) electrons. The van der Waals surface area contributed by atoms with Crippen molar-refractivity contribution < 1.29 is 28.6 Å². The third kappa shape index (κ3) is 8.22. The van der Waals surface area contributed by atoms with E-state index in [9.17, 15) is 14.4 Å². The van der Waals surface area contributed by atoms with Crippen molar-refractivity contribution in [3.05, 3.63) is 66.2 Å². The molecule has 37 heavy (non-hydrogen) atoms. The first-order valence-electron chi connectivity index (χ1n) is 12.3. The second-order valence-electron chi connectivity index (χ2n) is 9.52. The number of hydrogen-bond donors (Lipinski definition) is 1. The fourth-order valence-corrected chi connectivity index (χ4v) is 5.68. The summed E-state index contributed by atoms with van der Waals surface area (Å²) in [7, 11) is 0. The van der Waals surface area contributed by atoms with E-state index in [2.05, 4.69) is 5.32 Å². The van der Waals surface area contributed by atoms with Crippen molar-refractivity contribution in [2.45, 2.75) is 62.2 Å². The van der Waals surface area contributed by atoms with Crippen molar-refractivity contribution in [1.82, 2.24) is 5.32 Å². The van der Waals surface area contributed by atoms with Gasteiger partial charge in [-0.25, -0.2) is 4.79 Å². The number of carbonyl (C=O) groups is 3. The Balaban J connectivity index is 1.83. The van der Waals surface area contributed by atoms with Gasteiger partial charge in [-0.05, 0) is 43.0 Å². The molecule has 9 heteroatoms. The van der Waals surface area contributed by atoms with Crippen LogP contribution in [0, 0.1) is 11.8 Å². The maximum Gasteiger partial charge on any atom is 0.338 e. The quantitative estimate of drug-likeness (QED) is 0.328. The van der Waals surface area contributed by atoms with Gasteiger partial charge in [0.25, 0.3) is 0 Å². The summed E-state index contributed by atoms with van der Waals surface area (Å²) in [4.78, 5) is 37.1. The highest BCUT2D eigenvalue weighted by Gasteiger charge is 2.50. The lowest BCUT2D eigenvalue weighted by molar-refractivity contribution is -0.180. The molecule has 1 unspecified atom stereocenters. The van der Waals surface area contributed by atoms with Crippen LogP contribution in [0.15, 0.2) is 65.6 Å². The summed E-state index contributed by atoms with van der Waals surface area (Å²) >= 11 is 7.28. The van der Waals surface area contributed by atoms with Crippen LogP contribution in [0.25, 0.3) is 0 Å². The summed E-state index contributed by atoms with van der Waals surface area (Å²) in [6.45, 7) is 7.49. The third-order valence-electron chi connectivity index (χ3n) is 6.45. The third-order valence-corrected chi connectivity index (χ3v) is 7.87. The molecule has 0 bridgehead atoms. The molecule has 1 fully saturated rings. The number of carbonyl (C=O) groups excluding carboxylic acids is 3. The maximum absolute atomic E-state index is 12.5. The van der Waals surface area contributed by atoms with Gasteiger partial charge in [0.1, 0.15) is 16.9 Å². The van der Waals surface area contributed by atoms with E-state index in [1.165, 1.54) is 18.7 Å². The van der Waals surface area contributed by atoms with Crippen molar-refractivity contribution >= 4 is 41.2 Å². The molecule has 2 aromatic rings. The summed E-state index contributed by atoms with van der Waals surface area (Å²) < 4.78 is 18.0. The number of hydrogen-bond acceptors (Lipinski definition) is 7. The number of ether oxygens (including phenoxy) is 3. The lowest BCUT2D eigenvalue weighted by Crippen LogP contribution is -2.62. The van der Waals surface area contributed by atoms with Crippen LogP contribution in [0.1, 0.15) is 44.5 Å². The van der Waals surface area contributed by atoms with E-state index in [1.54, 1.807) is 24.3 Å². The molecule has 1 saturated heterocycles. The topological polar surface area (TPSA) is 90.9 Å². The number of thioether (sulfide) groups is 1. The monoisotopic (exact) mass is 547 g/mol. The lowest BCUT2D eigenvalue weighted by atomic mass is 9.82. The van der Waals surface area contributed by atoms with Gasteiger partial charge >= 0.3 is 11.9 Å². The average molecular weight is 548 g/mol. The Morgan fingerprint density at radius 3 is 2.32 bits per heavy atom. The van der Waals surface area contributed by atoms with Crippen LogP contribution < -0.4 is 5.32 Å². The molecule has 7 nitrogen and oxygen atoms in total. The van der Waals surface area contributed by atoms with Crippen molar-refractivity contribution in [1.29, 1.82) is 0 Å². The minimum Gasteiger partial charge on any atom is -0.462 e. The highest BCUT2D eigenvalue weighted by molar-refractivity contribution is 8.00. The Morgan fingerprint density at radius 1 is 1.11 bits per heavy atom. The van der Waals surface area contributed by atoms with E-state index in [0.29, 0.717) is 12.0 Å². The number of alkyl halides is 1. The smallest absolute Gasteiger partial charge is 0.338 e. The second kappa shape index (κ2) is 13.3. The SMILES string of the molecule is CC(=O)N[C@H]1C([C@H](C)[C@H](C)COC(=O)c2ccccc2)O[C@@](C)(Sc2ccccc2)C[C@H]1OC(=O)CCl. The first-order chi connectivity index (χ1) is 17.6. The van der Waals surface area contributed by atoms with Crippen LogP contribution in [0.5, 0.6) is 0 Å². The highest BCUT2D eigenvalue weighted by Crippen LogP contribution is 2.45. The Bertz CT molecular complexity index is 1060. The van der Waals surface area contributed by atoms with Gasteiger partial charge < -0.3 is 19.5 Å². The summed E-state index contributed by atoms with van der Waals surface area (Å²) in [6, 6.07) is 18.0. The van der Waals surface area contributed by atoms with Gasteiger partial charge in [0.15, 0.2) is 0 Å².